The molecule has 0 nitrogen and oxygen atoms in total. The lowest BCUT2D eigenvalue weighted by atomic mass is 9.60. The zero-order valence-corrected chi connectivity index (χ0v) is 10.9. The van der Waals surface area contributed by atoms with Crippen molar-refractivity contribution < 1.29 is 0 Å². The molecule has 0 aromatic carbocycles. The standard InChI is InChI=1S/C15H28/c1-4-14(5-2)15(3)10-9-12-7-6-8-13(12)11-15/h12-14H,4-11H2,1-3H3. The number of hydrogen-bond acceptors (Lipinski definition) is 0. The number of fused-ring (bicyclic) bond motifs is 1. The molecule has 3 unspecified atom stereocenters. The maximum absolute atomic E-state index is 2.58. The molecule has 0 saturated heterocycles. The second kappa shape index (κ2) is 4.47. The molecule has 0 aliphatic heterocycles. The summed E-state index contributed by atoms with van der Waals surface area (Å²) in [6.07, 6.45) is 12.0. The van der Waals surface area contributed by atoms with E-state index in [-0.39, 0.29) is 0 Å². The highest BCUT2D eigenvalue weighted by Gasteiger charge is 2.42. The minimum absolute atomic E-state index is 0.689. The molecule has 0 amide bonds. The molecule has 0 bridgehead atoms. The summed E-state index contributed by atoms with van der Waals surface area (Å²) >= 11 is 0. The highest BCUT2D eigenvalue weighted by Crippen LogP contribution is 2.53. The van der Waals surface area contributed by atoms with E-state index in [2.05, 4.69) is 20.8 Å². The van der Waals surface area contributed by atoms with E-state index in [1.807, 2.05) is 0 Å². The predicted octanol–water partition coefficient (Wildman–Crippen LogP) is 5.03. The molecular weight excluding hydrogens is 180 g/mol. The smallest absolute Gasteiger partial charge is 0.0295 e. The third-order valence-corrected chi connectivity index (χ3v) is 5.60. The van der Waals surface area contributed by atoms with Gasteiger partial charge in [0.05, 0.1) is 0 Å². The molecule has 0 heterocycles. The zero-order chi connectivity index (χ0) is 10.9. The van der Waals surface area contributed by atoms with Crippen LogP contribution in [0.5, 0.6) is 0 Å². The third-order valence-electron chi connectivity index (χ3n) is 5.60. The van der Waals surface area contributed by atoms with Crippen LogP contribution in [0.15, 0.2) is 0 Å². The molecule has 0 aromatic heterocycles. The third kappa shape index (κ3) is 2.10. The van der Waals surface area contributed by atoms with Crippen LogP contribution in [0.4, 0.5) is 0 Å². The van der Waals surface area contributed by atoms with Crippen molar-refractivity contribution in [3.63, 3.8) is 0 Å². The maximum Gasteiger partial charge on any atom is -0.0295 e. The van der Waals surface area contributed by atoms with E-state index >= 15 is 0 Å². The molecule has 2 saturated carbocycles. The van der Waals surface area contributed by atoms with Crippen molar-refractivity contribution >= 4 is 0 Å². The van der Waals surface area contributed by atoms with Gasteiger partial charge < -0.3 is 0 Å². The van der Waals surface area contributed by atoms with E-state index in [9.17, 15) is 0 Å². The summed E-state index contributed by atoms with van der Waals surface area (Å²) in [5, 5.41) is 0. The molecule has 88 valence electrons. The molecule has 0 N–H and O–H groups in total. The minimum Gasteiger partial charge on any atom is -0.0651 e. The number of hydrogen-bond donors (Lipinski definition) is 0. The highest BCUT2D eigenvalue weighted by atomic mass is 14.5. The summed E-state index contributed by atoms with van der Waals surface area (Å²) < 4.78 is 0. The molecule has 0 radical (unpaired) electrons. The van der Waals surface area contributed by atoms with Gasteiger partial charge in [-0.3, -0.25) is 0 Å². The second-order valence-corrected chi connectivity index (χ2v) is 6.36. The first-order valence-corrected chi connectivity index (χ1v) is 7.19. The fourth-order valence-corrected chi connectivity index (χ4v) is 4.62. The van der Waals surface area contributed by atoms with Gasteiger partial charge in [0, 0.05) is 0 Å². The summed E-state index contributed by atoms with van der Waals surface area (Å²) in [4.78, 5) is 0. The first-order chi connectivity index (χ1) is 7.19. The largest absolute Gasteiger partial charge is 0.0651 e. The summed E-state index contributed by atoms with van der Waals surface area (Å²) in [6.45, 7) is 7.36. The SMILES string of the molecule is CCC(CC)C1(C)CCC2CCCC2C1. The van der Waals surface area contributed by atoms with Crippen LogP contribution in [-0.4, -0.2) is 0 Å². The van der Waals surface area contributed by atoms with Crippen molar-refractivity contribution in [3.05, 3.63) is 0 Å². The first-order valence-electron chi connectivity index (χ1n) is 7.19. The summed E-state index contributed by atoms with van der Waals surface area (Å²) in [5.41, 5.74) is 0.689. The van der Waals surface area contributed by atoms with Crippen LogP contribution in [0.1, 0.15) is 72.1 Å². The van der Waals surface area contributed by atoms with Crippen LogP contribution in [0.2, 0.25) is 0 Å². The van der Waals surface area contributed by atoms with Crippen molar-refractivity contribution in [1.29, 1.82) is 0 Å². The first kappa shape index (κ1) is 11.5. The predicted molar refractivity (Wildman–Crippen MR) is 66.9 cm³/mol. The van der Waals surface area contributed by atoms with Gasteiger partial charge in [0.15, 0.2) is 0 Å². The quantitative estimate of drug-likeness (QED) is 0.610. The van der Waals surface area contributed by atoms with Crippen molar-refractivity contribution in [2.75, 3.05) is 0 Å². The Labute approximate surface area is 95.8 Å². The lowest BCUT2D eigenvalue weighted by molar-refractivity contribution is 0.0547. The molecule has 2 rings (SSSR count). The van der Waals surface area contributed by atoms with E-state index in [4.69, 9.17) is 0 Å². The van der Waals surface area contributed by atoms with Crippen molar-refractivity contribution in [1.82, 2.24) is 0 Å². The molecule has 0 heteroatoms. The molecule has 2 fully saturated rings. The fourth-order valence-electron chi connectivity index (χ4n) is 4.62. The van der Waals surface area contributed by atoms with E-state index in [1.165, 1.54) is 32.1 Å². The Morgan fingerprint density at radius 2 is 1.73 bits per heavy atom. The highest BCUT2D eigenvalue weighted by molar-refractivity contribution is 4.93. The topological polar surface area (TPSA) is 0 Å². The van der Waals surface area contributed by atoms with Crippen molar-refractivity contribution in [3.8, 4) is 0 Å². The average molecular weight is 208 g/mol. The van der Waals surface area contributed by atoms with E-state index < -0.39 is 0 Å². The van der Waals surface area contributed by atoms with Gasteiger partial charge in [-0.15, -0.1) is 0 Å². The van der Waals surface area contributed by atoms with E-state index in [0.717, 1.165) is 17.8 Å². The lowest BCUT2D eigenvalue weighted by Crippen LogP contribution is -2.35. The summed E-state index contributed by atoms with van der Waals surface area (Å²) in [6, 6.07) is 0. The van der Waals surface area contributed by atoms with Gasteiger partial charge in [0.25, 0.3) is 0 Å². The zero-order valence-electron chi connectivity index (χ0n) is 10.9. The Morgan fingerprint density at radius 3 is 2.40 bits per heavy atom. The second-order valence-electron chi connectivity index (χ2n) is 6.36. The van der Waals surface area contributed by atoms with Gasteiger partial charge in [-0.05, 0) is 42.4 Å². The van der Waals surface area contributed by atoms with Crippen molar-refractivity contribution in [2.24, 2.45) is 23.2 Å². The Hall–Kier alpha value is 0. The summed E-state index contributed by atoms with van der Waals surface area (Å²) in [5.74, 6) is 3.20. The minimum atomic E-state index is 0.689. The lowest BCUT2D eigenvalue weighted by Gasteiger charge is -2.45. The van der Waals surface area contributed by atoms with Crippen LogP contribution < -0.4 is 0 Å². The van der Waals surface area contributed by atoms with E-state index in [0.29, 0.717) is 5.41 Å². The monoisotopic (exact) mass is 208 g/mol. The summed E-state index contributed by atoms with van der Waals surface area (Å²) in [7, 11) is 0. The molecule has 3 atom stereocenters. The molecule has 2 aliphatic rings. The molecular formula is C15H28. The maximum atomic E-state index is 2.58. The molecule has 0 aromatic rings. The van der Waals surface area contributed by atoms with Gasteiger partial charge in [0.1, 0.15) is 0 Å². The van der Waals surface area contributed by atoms with Gasteiger partial charge in [-0.1, -0.05) is 52.9 Å². The van der Waals surface area contributed by atoms with Crippen molar-refractivity contribution in [2.45, 2.75) is 72.1 Å². The average Bonchev–Trinajstić information content (AvgIpc) is 2.66. The van der Waals surface area contributed by atoms with Gasteiger partial charge in [0.2, 0.25) is 0 Å². The Kier molecular flexibility index (Phi) is 3.42. The molecule has 2 aliphatic carbocycles. The van der Waals surface area contributed by atoms with Gasteiger partial charge >= 0.3 is 0 Å². The van der Waals surface area contributed by atoms with Gasteiger partial charge in [-0.25, -0.2) is 0 Å². The Balaban J connectivity index is 2.03. The number of rotatable bonds is 3. The Morgan fingerprint density at radius 1 is 1.07 bits per heavy atom. The van der Waals surface area contributed by atoms with E-state index in [1.54, 1.807) is 19.3 Å². The molecule has 0 spiro atoms. The Bertz CT molecular complexity index is 204. The van der Waals surface area contributed by atoms with Crippen LogP contribution >= 0.6 is 0 Å². The van der Waals surface area contributed by atoms with Crippen LogP contribution in [0.3, 0.4) is 0 Å². The van der Waals surface area contributed by atoms with Crippen LogP contribution in [0, 0.1) is 23.2 Å². The normalized spacial score (nSPS) is 40.8. The molecule has 15 heavy (non-hydrogen) atoms. The van der Waals surface area contributed by atoms with Crippen LogP contribution in [-0.2, 0) is 0 Å². The van der Waals surface area contributed by atoms with Crippen LogP contribution in [0.25, 0.3) is 0 Å². The fraction of sp³-hybridized carbons (Fsp3) is 1.00. The van der Waals surface area contributed by atoms with Gasteiger partial charge in [-0.2, -0.15) is 0 Å².